The maximum absolute atomic E-state index is 12.3. The number of hydrogen-bond acceptors (Lipinski definition) is 6. The van der Waals surface area contributed by atoms with Crippen molar-refractivity contribution in [2.45, 2.75) is 44.6 Å². The number of urea groups is 1. The third-order valence-electron chi connectivity index (χ3n) is 3.11. The summed E-state index contributed by atoms with van der Waals surface area (Å²) in [4.78, 5) is 28.9. The standard InChI is InChI=1S/C12H18N4O4S/c1-3-4-10-16(8(6-21-10)11(17)18)12(19)13-5-9-14-7(2)15-20-9/h8,10H,3-6H2,1-2H3,(H,13,19)(H,17,18). The molecule has 0 spiro atoms. The highest BCUT2D eigenvalue weighted by Crippen LogP contribution is 2.32. The van der Waals surface area contributed by atoms with E-state index in [-0.39, 0.29) is 11.9 Å². The number of rotatable bonds is 5. The van der Waals surface area contributed by atoms with Crippen molar-refractivity contribution < 1.29 is 19.2 Å². The minimum atomic E-state index is -0.982. The number of aromatic nitrogens is 2. The van der Waals surface area contributed by atoms with Gasteiger partial charge in [-0.3, -0.25) is 4.90 Å². The van der Waals surface area contributed by atoms with E-state index in [2.05, 4.69) is 15.5 Å². The molecule has 2 heterocycles. The molecule has 116 valence electrons. The molecule has 1 aliphatic heterocycles. The summed E-state index contributed by atoms with van der Waals surface area (Å²) in [6.07, 6.45) is 1.65. The lowest BCUT2D eigenvalue weighted by Gasteiger charge is -2.27. The van der Waals surface area contributed by atoms with Crippen molar-refractivity contribution in [3.05, 3.63) is 11.7 Å². The Balaban J connectivity index is 2.00. The average molecular weight is 314 g/mol. The van der Waals surface area contributed by atoms with Crippen molar-refractivity contribution in [3.63, 3.8) is 0 Å². The van der Waals surface area contributed by atoms with Crippen LogP contribution in [0.3, 0.4) is 0 Å². The van der Waals surface area contributed by atoms with E-state index in [4.69, 9.17) is 4.52 Å². The zero-order valence-corrected chi connectivity index (χ0v) is 12.7. The minimum Gasteiger partial charge on any atom is -0.480 e. The number of aryl methyl sites for hydroxylation is 1. The zero-order valence-electron chi connectivity index (χ0n) is 11.9. The van der Waals surface area contributed by atoms with Gasteiger partial charge in [0.15, 0.2) is 5.82 Å². The summed E-state index contributed by atoms with van der Waals surface area (Å²) in [6, 6.07) is -1.21. The number of thioether (sulfide) groups is 1. The summed E-state index contributed by atoms with van der Waals surface area (Å²) >= 11 is 1.50. The average Bonchev–Trinajstić information content (AvgIpc) is 3.03. The van der Waals surface area contributed by atoms with Gasteiger partial charge in [0.25, 0.3) is 0 Å². The molecule has 1 aromatic heterocycles. The molecule has 2 unspecified atom stereocenters. The molecule has 0 radical (unpaired) electrons. The van der Waals surface area contributed by atoms with E-state index in [1.165, 1.54) is 16.7 Å². The number of carboxylic acid groups (broad SMARTS) is 1. The van der Waals surface area contributed by atoms with Crippen LogP contribution in [0, 0.1) is 6.92 Å². The molecule has 2 rings (SSSR count). The first-order valence-corrected chi connectivity index (χ1v) is 7.77. The van der Waals surface area contributed by atoms with Gasteiger partial charge >= 0.3 is 12.0 Å². The molecule has 2 atom stereocenters. The Bertz CT molecular complexity index is 521. The van der Waals surface area contributed by atoms with Gasteiger partial charge < -0.3 is 14.9 Å². The number of carbonyl (C=O) groups is 2. The Morgan fingerprint density at radius 1 is 1.57 bits per heavy atom. The number of nitrogens with zero attached hydrogens (tertiary/aromatic N) is 3. The molecule has 0 aromatic carbocycles. The van der Waals surface area contributed by atoms with Crippen molar-refractivity contribution in [2.24, 2.45) is 0 Å². The summed E-state index contributed by atoms with van der Waals surface area (Å²) < 4.78 is 4.91. The Labute approximate surface area is 126 Å². The van der Waals surface area contributed by atoms with Crippen LogP contribution in [0.2, 0.25) is 0 Å². The third kappa shape index (κ3) is 3.66. The molecule has 2 N–H and O–H groups in total. The lowest BCUT2D eigenvalue weighted by atomic mass is 10.2. The minimum absolute atomic E-state index is 0.0893. The van der Waals surface area contributed by atoms with Crippen LogP contribution in [0.5, 0.6) is 0 Å². The van der Waals surface area contributed by atoms with Crippen molar-refractivity contribution in [2.75, 3.05) is 5.75 Å². The Kier molecular flexibility index (Phi) is 5.05. The van der Waals surface area contributed by atoms with Crippen molar-refractivity contribution in [1.82, 2.24) is 20.4 Å². The Hall–Kier alpha value is -1.77. The summed E-state index contributed by atoms with van der Waals surface area (Å²) in [5.41, 5.74) is 0. The number of amides is 2. The van der Waals surface area contributed by atoms with Crippen LogP contribution in [-0.4, -0.2) is 49.3 Å². The molecule has 0 aliphatic carbocycles. The van der Waals surface area contributed by atoms with Gasteiger partial charge in [-0.05, 0) is 13.3 Å². The van der Waals surface area contributed by atoms with Crippen LogP contribution in [0.25, 0.3) is 0 Å². The summed E-state index contributed by atoms with van der Waals surface area (Å²) in [5.74, 6) is 0.215. The Morgan fingerprint density at radius 2 is 2.33 bits per heavy atom. The van der Waals surface area contributed by atoms with Gasteiger partial charge in [0.1, 0.15) is 6.04 Å². The van der Waals surface area contributed by atoms with Gasteiger partial charge in [0, 0.05) is 5.75 Å². The second kappa shape index (κ2) is 6.79. The van der Waals surface area contributed by atoms with Gasteiger partial charge in [0.2, 0.25) is 5.89 Å². The molecule has 1 fully saturated rings. The monoisotopic (exact) mass is 314 g/mol. The quantitative estimate of drug-likeness (QED) is 0.841. The number of carboxylic acids is 1. The van der Waals surface area contributed by atoms with E-state index < -0.39 is 18.0 Å². The van der Waals surface area contributed by atoms with Crippen molar-refractivity contribution in [3.8, 4) is 0 Å². The first-order valence-electron chi connectivity index (χ1n) is 6.72. The van der Waals surface area contributed by atoms with E-state index in [1.807, 2.05) is 6.92 Å². The first-order chi connectivity index (χ1) is 10.0. The van der Waals surface area contributed by atoms with E-state index in [0.29, 0.717) is 17.5 Å². The highest BCUT2D eigenvalue weighted by atomic mass is 32.2. The normalized spacial score (nSPS) is 21.5. The SMILES string of the molecule is CCCC1SCC(C(=O)O)N1C(=O)NCc1nc(C)no1. The lowest BCUT2D eigenvalue weighted by molar-refractivity contribution is -0.141. The van der Waals surface area contributed by atoms with E-state index in [1.54, 1.807) is 6.92 Å². The van der Waals surface area contributed by atoms with E-state index >= 15 is 0 Å². The maximum Gasteiger partial charge on any atom is 0.327 e. The molecule has 1 aromatic rings. The van der Waals surface area contributed by atoms with Crippen LogP contribution < -0.4 is 5.32 Å². The predicted molar refractivity (Wildman–Crippen MR) is 75.7 cm³/mol. The largest absolute Gasteiger partial charge is 0.480 e. The molecular weight excluding hydrogens is 296 g/mol. The number of nitrogens with one attached hydrogen (secondary N) is 1. The van der Waals surface area contributed by atoms with Crippen LogP contribution in [-0.2, 0) is 11.3 Å². The lowest BCUT2D eigenvalue weighted by Crippen LogP contribution is -2.50. The van der Waals surface area contributed by atoms with E-state index in [9.17, 15) is 14.7 Å². The molecule has 2 amide bonds. The second-order valence-electron chi connectivity index (χ2n) is 4.73. The van der Waals surface area contributed by atoms with Gasteiger partial charge in [-0.1, -0.05) is 18.5 Å². The smallest absolute Gasteiger partial charge is 0.327 e. The molecule has 9 heteroatoms. The fourth-order valence-corrected chi connectivity index (χ4v) is 3.66. The first kappa shape index (κ1) is 15.6. The van der Waals surface area contributed by atoms with E-state index in [0.717, 1.165) is 12.8 Å². The number of carbonyl (C=O) groups excluding carboxylic acids is 1. The van der Waals surface area contributed by atoms with Crippen molar-refractivity contribution in [1.29, 1.82) is 0 Å². The molecule has 21 heavy (non-hydrogen) atoms. The molecule has 0 saturated carbocycles. The van der Waals surface area contributed by atoms with Gasteiger partial charge in [0.05, 0.1) is 11.9 Å². The van der Waals surface area contributed by atoms with Gasteiger partial charge in [-0.2, -0.15) is 4.98 Å². The summed E-state index contributed by atoms with van der Waals surface area (Å²) in [7, 11) is 0. The van der Waals surface area contributed by atoms with Crippen LogP contribution in [0.1, 0.15) is 31.5 Å². The topological polar surface area (TPSA) is 109 Å². The highest BCUT2D eigenvalue weighted by Gasteiger charge is 2.41. The fourth-order valence-electron chi connectivity index (χ4n) is 2.15. The third-order valence-corrected chi connectivity index (χ3v) is 4.46. The second-order valence-corrected chi connectivity index (χ2v) is 5.94. The van der Waals surface area contributed by atoms with Gasteiger partial charge in [-0.25, -0.2) is 9.59 Å². The molecule has 1 saturated heterocycles. The van der Waals surface area contributed by atoms with Crippen LogP contribution in [0.4, 0.5) is 4.79 Å². The summed E-state index contributed by atoms with van der Waals surface area (Å²) in [5, 5.41) is 15.4. The number of aliphatic carboxylic acids is 1. The zero-order chi connectivity index (χ0) is 15.4. The number of hydrogen-bond donors (Lipinski definition) is 2. The van der Waals surface area contributed by atoms with Crippen molar-refractivity contribution >= 4 is 23.8 Å². The fraction of sp³-hybridized carbons (Fsp3) is 0.667. The Morgan fingerprint density at radius 3 is 2.90 bits per heavy atom. The van der Waals surface area contributed by atoms with Crippen LogP contribution in [0.15, 0.2) is 4.52 Å². The molecule has 8 nitrogen and oxygen atoms in total. The summed E-state index contributed by atoms with van der Waals surface area (Å²) in [6.45, 7) is 3.78. The molecule has 1 aliphatic rings. The molecule has 0 bridgehead atoms. The highest BCUT2D eigenvalue weighted by molar-refractivity contribution is 8.00. The molecular formula is C12H18N4O4S. The van der Waals surface area contributed by atoms with Crippen LogP contribution >= 0.6 is 11.8 Å². The van der Waals surface area contributed by atoms with Gasteiger partial charge in [-0.15, -0.1) is 11.8 Å². The maximum atomic E-state index is 12.3. The predicted octanol–water partition coefficient (Wildman–Crippen LogP) is 1.22.